The van der Waals surface area contributed by atoms with Gasteiger partial charge in [0.05, 0.1) is 28.3 Å². The lowest BCUT2D eigenvalue weighted by atomic mass is 9.89. The second-order valence-electron chi connectivity index (χ2n) is 10.4. The molecule has 2 N–H and O–H groups in total. The van der Waals surface area contributed by atoms with Crippen molar-refractivity contribution in [1.29, 1.82) is 0 Å². The summed E-state index contributed by atoms with van der Waals surface area (Å²) in [5.41, 5.74) is -2.51. The molecule has 1 fully saturated rings. The highest BCUT2D eigenvalue weighted by molar-refractivity contribution is 5.83. The van der Waals surface area contributed by atoms with Gasteiger partial charge in [-0.1, -0.05) is 6.08 Å². The van der Waals surface area contributed by atoms with Crippen LogP contribution in [0.3, 0.4) is 0 Å². The number of nitrogens with one attached hydrogen (secondary N) is 1. The molecule has 0 amide bonds. The van der Waals surface area contributed by atoms with Crippen molar-refractivity contribution in [3.63, 3.8) is 0 Å². The van der Waals surface area contributed by atoms with Gasteiger partial charge in [-0.3, -0.25) is 0 Å². The van der Waals surface area contributed by atoms with Gasteiger partial charge in [0, 0.05) is 49.8 Å². The number of piperazine rings is 1. The average Bonchev–Trinajstić information content (AvgIpc) is 3.37. The molecule has 5 rings (SSSR count). The van der Waals surface area contributed by atoms with Gasteiger partial charge < -0.3 is 19.9 Å². The van der Waals surface area contributed by atoms with E-state index >= 15 is 0 Å². The number of aromatic amines is 1. The third-order valence-electron chi connectivity index (χ3n) is 7.48. The Bertz CT molecular complexity index is 1620. The van der Waals surface area contributed by atoms with Crippen LogP contribution in [-0.2, 0) is 12.4 Å². The van der Waals surface area contributed by atoms with Crippen LogP contribution in [0.15, 0.2) is 60.6 Å². The summed E-state index contributed by atoms with van der Waals surface area (Å²) in [6.45, 7) is 5.16. The van der Waals surface area contributed by atoms with E-state index in [0.717, 1.165) is 30.5 Å². The van der Waals surface area contributed by atoms with Gasteiger partial charge in [-0.25, -0.2) is 23.1 Å². The third kappa shape index (κ3) is 5.82. The minimum atomic E-state index is -4.82. The van der Waals surface area contributed by atoms with E-state index in [9.17, 15) is 44.6 Å². The van der Waals surface area contributed by atoms with E-state index in [4.69, 9.17) is 0 Å². The zero-order valence-electron chi connectivity index (χ0n) is 22.4. The molecular formula is C28H24F9N5O. The number of allylic oxidation sites excluding steroid dienone is 4. The normalized spacial score (nSPS) is 21.0. The smallest absolute Gasteiger partial charge is 0.384 e. The molecule has 2 aliphatic rings. The van der Waals surface area contributed by atoms with Gasteiger partial charge in [0.1, 0.15) is 11.6 Å². The molecular weight excluding hydrogens is 593 g/mol. The molecule has 230 valence electrons. The first-order chi connectivity index (χ1) is 20.1. The van der Waals surface area contributed by atoms with Crippen LogP contribution in [-0.4, -0.2) is 45.7 Å². The van der Waals surface area contributed by atoms with E-state index in [1.165, 1.54) is 4.90 Å². The molecule has 1 aromatic carbocycles. The number of pyridine rings is 1. The van der Waals surface area contributed by atoms with Crippen molar-refractivity contribution in [2.75, 3.05) is 29.4 Å². The van der Waals surface area contributed by atoms with Crippen LogP contribution in [0, 0.1) is 0 Å². The van der Waals surface area contributed by atoms with E-state index < -0.39 is 65.4 Å². The van der Waals surface area contributed by atoms with Gasteiger partial charge in [-0.2, -0.15) is 26.3 Å². The molecule has 0 radical (unpaired) electrons. The van der Waals surface area contributed by atoms with Gasteiger partial charge in [-0.05, 0) is 36.8 Å². The van der Waals surface area contributed by atoms with E-state index in [0.29, 0.717) is 6.08 Å². The summed E-state index contributed by atoms with van der Waals surface area (Å²) in [7, 11) is 0. The van der Waals surface area contributed by atoms with Crippen LogP contribution in [0.25, 0.3) is 11.0 Å². The first-order valence-electron chi connectivity index (χ1n) is 13.0. The minimum absolute atomic E-state index is 0.0147. The molecule has 1 aliphatic carbocycles. The number of aliphatic hydroxyl groups excluding tert-OH is 1. The number of aromatic nitrogens is 3. The fraction of sp³-hybridized carbons (Fsp3) is 0.357. The summed E-state index contributed by atoms with van der Waals surface area (Å²) in [5.74, 6) is -6.20. The van der Waals surface area contributed by atoms with E-state index in [-0.39, 0.29) is 53.6 Å². The van der Waals surface area contributed by atoms with Crippen molar-refractivity contribution in [3.05, 3.63) is 82.9 Å². The van der Waals surface area contributed by atoms with Crippen molar-refractivity contribution in [2.24, 2.45) is 0 Å². The van der Waals surface area contributed by atoms with Crippen LogP contribution in [0.1, 0.15) is 47.6 Å². The first-order valence-corrected chi connectivity index (χ1v) is 13.0. The first kappa shape index (κ1) is 30.4. The Morgan fingerprint density at radius 1 is 1.07 bits per heavy atom. The lowest BCUT2D eigenvalue weighted by Crippen LogP contribution is -2.53. The summed E-state index contributed by atoms with van der Waals surface area (Å²) >= 11 is 0. The summed E-state index contributed by atoms with van der Waals surface area (Å²) in [4.78, 5) is 14.2. The summed E-state index contributed by atoms with van der Waals surface area (Å²) < 4.78 is 125. The Balaban J connectivity index is 1.48. The molecule has 3 atom stereocenters. The zero-order chi connectivity index (χ0) is 31.4. The van der Waals surface area contributed by atoms with Crippen LogP contribution >= 0.6 is 0 Å². The van der Waals surface area contributed by atoms with E-state index in [2.05, 4.69) is 21.5 Å². The molecule has 0 bridgehead atoms. The Labute approximate surface area is 238 Å². The van der Waals surface area contributed by atoms with E-state index in [1.807, 2.05) is 0 Å². The number of hydrogen-bond acceptors (Lipinski definition) is 5. The molecule has 0 spiro atoms. The number of aliphatic hydroxyl groups is 1. The third-order valence-corrected chi connectivity index (χ3v) is 7.48. The maximum atomic E-state index is 14.1. The largest absolute Gasteiger partial charge is 0.419 e. The van der Waals surface area contributed by atoms with Gasteiger partial charge >= 0.3 is 12.4 Å². The molecule has 1 unspecified atom stereocenters. The standard InChI is InChI=1S/C28H24F9N5O/c1-3-22(43)15-6-18(28(35,36)37)25(38-11-15)41-4-5-42(13(2)12-41)26-39-21-10-16(27(32,33)34)9-17(24(21)40-26)14-7-19(29)23(31)20(30)8-14/h3,6-7,9-11,13-14,22,43H,1,4-5,8,12H2,2H3,(H,39,40)/t13-,14?,22-/m1/s1. The van der Waals surface area contributed by atoms with Gasteiger partial charge in [0.15, 0.2) is 11.7 Å². The van der Waals surface area contributed by atoms with Crippen LogP contribution in [0.5, 0.6) is 0 Å². The highest BCUT2D eigenvalue weighted by atomic mass is 19.4. The number of H-pyrrole nitrogens is 1. The minimum Gasteiger partial charge on any atom is -0.384 e. The number of alkyl halides is 6. The number of anilines is 2. The molecule has 1 aliphatic heterocycles. The molecule has 2 aromatic heterocycles. The van der Waals surface area contributed by atoms with Crippen molar-refractivity contribution in [2.45, 2.75) is 43.8 Å². The van der Waals surface area contributed by atoms with Crippen molar-refractivity contribution >= 4 is 22.8 Å². The molecule has 3 aromatic rings. The fourth-order valence-electron chi connectivity index (χ4n) is 5.33. The monoisotopic (exact) mass is 617 g/mol. The maximum absolute atomic E-state index is 14.1. The zero-order valence-corrected chi connectivity index (χ0v) is 22.4. The Morgan fingerprint density at radius 2 is 1.79 bits per heavy atom. The quantitative estimate of drug-likeness (QED) is 0.231. The van der Waals surface area contributed by atoms with Crippen molar-refractivity contribution < 1.29 is 44.6 Å². The second-order valence-corrected chi connectivity index (χ2v) is 10.4. The fourth-order valence-corrected chi connectivity index (χ4v) is 5.33. The van der Waals surface area contributed by atoms with Crippen molar-refractivity contribution in [1.82, 2.24) is 15.0 Å². The number of hydrogen-bond donors (Lipinski definition) is 2. The molecule has 1 saturated heterocycles. The Morgan fingerprint density at radius 3 is 2.40 bits per heavy atom. The van der Waals surface area contributed by atoms with Crippen LogP contribution in [0.2, 0.25) is 0 Å². The maximum Gasteiger partial charge on any atom is 0.419 e. The predicted molar refractivity (Wildman–Crippen MR) is 140 cm³/mol. The summed E-state index contributed by atoms with van der Waals surface area (Å²) in [6, 6.07) is 1.79. The number of benzene rings is 1. The Hall–Kier alpha value is -4.01. The van der Waals surface area contributed by atoms with Crippen molar-refractivity contribution in [3.8, 4) is 0 Å². The molecule has 3 heterocycles. The Kier molecular flexibility index (Phi) is 7.73. The molecule has 0 saturated carbocycles. The number of fused-ring (bicyclic) bond motifs is 1. The number of halogens is 9. The summed E-state index contributed by atoms with van der Waals surface area (Å²) in [5, 5.41) is 9.91. The number of imidazole rings is 1. The molecule has 6 nitrogen and oxygen atoms in total. The highest BCUT2D eigenvalue weighted by Crippen LogP contribution is 2.43. The summed E-state index contributed by atoms with van der Waals surface area (Å²) in [6.07, 6.45) is -8.75. The van der Waals surface area contributed by atoms with E-state index in [1.54, 1.807) is 11.8 Å². The number of rotatable bonds is 5. The molecule has 43 heavy (non-hydrogen) atoms. The van der Waals surface area contributed by atoms with Gasteiger partial charge in [0.25, 0.3) is 0 Å². The lowest BCUT2D eigenvalue weighted by molar-refractivity contribution is -0.138. The van der Waals surface area contributed by atoms with Crippen LogP contribution in [0.4, 0.5) is 51.3 Å². The second kappa shape index (κ2) is 10.9. The topological polar surface area (TPSA) is 68.3 Å². The lowest BCUT2D eigenvalue weighted by Gasteiger charge is -2.41. The predicted octanol–water partition coefficient (Wildman–Crippen LogP) is 7.42. The SMILES string of the molecule is C=C[C@@H](O)c1cnc(N2CCN(c3nc4c(C5C=C(F)C(F)=C(F)C5)cc(C(F)(F)F)cc4[nH]3)[C@H](C)C2)c(C(F)(F)F)c1. The van der Waals surface area contributed by atoms with Gasteiger partial charge in [-0.15, -0.1) is 6.58 Å². The number of nitrogens with zero attached hydrogens (tertiary/aromatic N) is 4. The molecule has 15 heteroatoms. The highest BCUT2D eigenvalue weighted by Gasteiger charge is 2.39. The van der Waals surface area contributed by atoms with Gasteiger partial charge in [0.2, 0.25) is 5.95 Å². The van der Waals surface area contributed by atoms with Crippen LogP contribution < -0.4 is 9.80 Å². The average molecular weight is 618 g/mol.